The van der Waals surface area contributed by atoms with Gasteiger partial charge in [0.05, 0.1) is 4.90 Å². The summed E-state index contributed by atoms with van der Waals surface area (Å²) in [6.45, 7) is 8.28. The van der Waals surface area contributed by atoms with Crippen LogP contribution in [0.3, 0.4) is 0 Å². The average Bonchev–Trinajstić information content (AvgIpc) is 2.63. The Bertz CT molecular complexity index is 1010. The highest BCUT2D eigenvalue weighted by molar-refractivity contribution is 7.89. The minimum atomic E-state index is -3.85. The highest BCUT2D eigenvalue weighted by Crippen LogP contribution is 2.16. The summed E-state index contributed by atoms with van der Waals surface area (Å²) in [6, 6.07) is 10.2. The first kappa shape index (κ1) is 21.8. The van der Waals surface area contributed by atoms with E-state index < -0.39 is 28.6 Å². The van der Waals surface area contributed by atoms with Crippen molar-refractivity contribution in [3.05, 3.63) is 64.2 Å². The van der Waals surface area contributed by atoms with Crippen LogP contribution in [0.5, 0.6) is 0 Å². The maximum absolute atomic E-state index is 12.5. The molecule has 0 fully saturated rings. The molecule has 1 N–H and O–H groups in total. The number of nitrogens with one attached hydrogen (secondary N) is 1. The number of sulfonamides is 1. The molecule has 7 heteroatoms. The average molecular weight is 404 g/mol. The first-order valence-corrected chi connectivity index (χ1v) is 10.4. The molecule has 0 saturated heterocycles. The zero-order chi connectivity index (χ0) is 21.1. The molecule has 2 aromatic rings. The second kappa shape index (κ2) is 8.67. The summed E-state index contributed by atoms with van der Waals surface area (Å²) < 4.78 is 32.0. The molecule has 1 atom stereocenters. The number of carbonyl (C=O) groups is 2. The number of hydrogen-bond donors (Lipinski definition) is 1. The molecule has 0 aliphatic rings. The monoisotopic (exact) mass is 403 g/mol. The van der Waals surface area contributed by atoms with Gasteiger partial charge in [0.25, 0.3) is 0 Å². The Labute approximate surface area is 166 Å². The van der Waals surface area contributed by atoms with E-state index in [-0.39, 0.29) is 10.7 Å². The highest BCUT2D eigenvalue weighted by Gasteiger charge is 2.23. The normalized spacial score (nSPS) is 12.5. The lowest BCUT2D eigenvalue weighted by Crippen LogP contribution is -2.34. The summed E-state index contributed by atoms with van der Waals surface area (Å²) in [7, 11) is -3.85. The van der Waals surface area contributed by atoms with Gasteiger partial charge in [-0.15, -0.1) is 0 Å². The van der Waals surface area contributed by atoms with Gasteiger partial charge in [0.1, 0.15) is 6.54 Å². The molecule has 0 amide bonds. The van der Waals surface area contributed by atoms with Crippen LogP contribution in [-0.4, -0.2) is 32.8 Å². The van der Waals surface area contributed by atoms with E-state index in [1.165, 1.54) is 19.1 Å². The van der Waals surface area contributed by atoms with Crippen molar-refractivity contribution in [2.75, 3.05) is 6.54 Å². The fraction of sp³-hybridized carbons (Fsp3) is 0.333. The summed E-state index contributed by atoms with van der Waals surface area (Å²) >= 11 is 0. The number of hydrogen-bond acceptors (Lipinski definition) is 5. The van der Waals surface area contributed by atoms with Crippen molar-refractivity contribution in [2.24, 2.45) is 0 Å². The van der Waals surface area contributed by atoms with Gasteiger partial charge >= 0.3 is 5.97 Å². The van der Waals surface area contributed by atoms with Crippen molar-refractivity contribution < 1.29 is 22.7 Å². The molecule has 0 unspecified atom stereocenters. The number of rotatable bonds is 7. The molecule has 0 aliphatic carbocycles. The van der Waals surface area contributed by atoms with E-state index in [0.717, 1.165) is 22.3 Å². The number of esters is 1. The molecule has 0 aromatic heterocycles. The third-order valence-electron chi connectivity index (χ3n) is 4.53. The topological polar surface area (TPSA) is 89.5 Å². The predicted molar refractivity (Wildman–Crippen MR) is 107 cm³/mol. The number of ketones is 1. The van der Waals surface area contributed by atoms with Crippen molar-refractivity contribution in [2.45, 2.75) is 45.6 Å². The minimum absolute atomic E-state index is 0.0721. The van der Waals surface area contributed by atoms with Gasteiger partial charge in [-0.2, -0.15) is 4.72 Å². The number of aryl methyl sites for hydroxylation is 4. The molecule has 2 aromatic carbocycles. The van der Waals surface area contributed by atoms with Gasteiger partial charge in [0.2, 0.25) is 15.8 Å². The summed E-state index contributed by atoms with van der Waals surface area (Å²) in [5, 5.41) is 0. The molecule has 150 valence electrons. The van der Waals surface area contributed by atoms with Crippen molar-refractivity contribution in [3.63, 3.8) is 0 Å². The van der Waals surface area contributed by atoms with Gasteiger partial charge in [-0.1, -0.05) is 23.8 Å². The van der Waals surface area contributed by atoms with Gasteiger partial charge < -0.3 is 4.74 Å². The third kappa shape index (κ3) is 5.27. The maximum Gasteiger partial charge on any atom is 0.321 e. The number of benzene rings is 2. The van der Waals surface area contributed by atoms with Crippen molar-refractivity contribution in [1.29, 1.82) is 0 Å². The van der Waals surface area contributed by atoms with Crippen LogP contribution >= 0.6 is 0 Å². The van der Waals surface area contributed by atoms with Gasteiger partial charge in [-0.25, -0.2) is 8.42 Å². The molecular formula is C21H25NO5S. The largest absolute Gasteiger partial charge is 0.453 e. The fourth-order valence-corrected chi connectivity index (χ4v) is 3.68. The van der Waals surface area contributed by atoms with E-state index >= 15 is 0 Å². The lowest BCUT2D eigenvalue weighted by atomic mass is 9.99. The zero-order valence-corrected chi connectivity index (χ0v) is 17.5. The Morgan fingerprint density at radius 2 is 1.61 bits per heavy atom. The molecule has 6 nitrogen and oxygen atoms in total. The SMILES string of the molecule is Cc1ccc(C)c(C(=O)[C@H](C)OC(=O)CNS(=O)(=O)c2ccc(C)c(C)c2)c1. The number of Topliss-reactive ketones (excluding diaryl/α,β-unsaturated/α-hetero) is 1. The van der Waals surface area contributed by atoms with Crippen LogP contribution in [0.2, 0.25) is 0 Å². The molecule has 0 saturated carbocycles. The summed E-state index contributed by atoms with van der Waals surface area (Å²) in [5.41, 5.74) is 3.99. The maximum atomic E-state index is 12.5. The first-order chi connectivity index (χ1) is 13.0. The molecule has 0 aliphatic heterocycles. The standard InChI is InChI=1S/C21H25NO5S/c1-13-6-7-15(3)19(10-13)21(24)17(5)27-20(23)12-22-28(25,26)18-9-8-14(2)16(4)11-18/h6-11,17,22H,12H2,1-5H3/t17-/m0/s1. The van der Waals surface area contributed by atoms with Gasteiger partial charge in [-0.3, -0.25) is 9.59 Å². The van der Waals surface area contributed by atoms with Gasteiger partial charge in [0, 0.05) is 5.56 Å². The highest BCUT2D eigenvalue weighted by atomic mass is 32.2. The quantitative estimate of drug-likeness (QED) is 0.567. The summed E-state index contributed by atoms with van der Waals surface area (Å²) in [5.74, 6) is -1.15. The van der Waals surface area contributed by atoms with Crippen LogP contribution in [-0.2, 0) is 19.6 Å². The Morgan fingerprint density at radius 1 is 0.964 bits per heavy atom. The third-order valence-corrected chi connectivity index (χ3v) is 5.93. The van der Waals surface area contributed by atoms with Crippen molar-refractivity contribution >= 4 is 21.8 Å². The predicted octanol–water partition coefficient (Wildman–Crippen LogP) is 3.01. The van der Waals surface area contributed by atoms with Gasteiger partial charge in [-0.05, 0) is 69.5 Å². The van der Waals surface area contributed by atoms with Crippen LogP contribution < -0.4 is 4.72 Å². The van der Waals surface area contributed by atoms with Crippen LogP contribution in [0.25, 0.3) is 0 Å². The van der Waals surface area contributed by atoms with E-state index in [4.69, 9.17) is 4.74 Å². The zero-order valence-electron chi connectivity index (χ0n) is 16.7. The number of ether oxygens (including phenoxy) is 1. The smallest absolute Gasteiger partial charge is 0.321 e. The van der Waals surface area contributed by atoms with Crippen molar-refractivity contribution in [3.8, 4) is 0 Å². The second-order valence-corrected chi connectivity index (χ2v) is 8.65. The van der Waals surface area contributed by atoms with E-state index in [1.54, 1.807) is 19.1 Å². The van der Waals surface area contributed by atoms with Crippen LogP contribution in [0, 0.1) is 27.7 Å². The number of carbonyl (C=O) groups excluding carboxylic acids is 2. The van der Waals surface area contributed by atoms with E-state index in [0.29, 0.717) is 5.56 Å². The molecule has 28 heavy (non-hydrogen) atoms. The summed E-state index contributed by atoms with van der Waals surface area (Å²) in [4.78, 5) is 24.6. The Hall–Kier alpha value is -2.51. The van der Waals surface area contributed by atoms with Crippen LogP contribution in [0.15, 0.2) is 41.3 Å². The summed E-state index contributed by atoms with van der Waals surface area (Å²) in [6.07, 6.45) is -1.01. The molecule has 0 bridgehead atoms. The van der Waals surface area contributed by atoms with Gasteiger partial charge in [0.15, 0.2) is 6.10 Å². The fourth-order valence-electron chi connectivity index (χ4n) is 2.63. The van der Waals surface area contributed by atoms with Crippen LogP contribution in [0.4, 0.5) is 0 Å². The Balaban J connectivity index is 2.00. The Morgan fingerprint density at radius 3 is 2.25 bits per heavy atom. The van der Waals surface area contributed by atoms with Crippen molar-refractivity contribution in [1.82, 2.24) is 4.72 Å². The van der Waals surface area contributed by atoms with E-state index in [1.807, 2.05) is 32.9 Å². The Kier molecular flexibility index (Phi) is 6.74. The molecule has 0 spiro atoms. The lowest BCUT2D eigenvalue weighted by Gasteiger charge is -2.15. The second-order valence-electron chi connectivity index (χ2n) is 6.89. The molecule has 0 heterocycles. The first-order valence-electron chi connectivity index (χ1n) is 8.89. The van der Waals surface area contributed by atoms with Crippen LogP contribution in [0.1, 0.15) is 39.5 Å². The molecule has 0 radical (unpaired) electrons. The van der Waals surface area contributed by atoms with E-state index in [9.17, 15) is 18.0 Å². The minimum Gasteiger partial charge on any atom is -0.453 e. The molecule has 2 rings (SSSR count). The lowest BCUT2D eigenvalue weighted by molar-refractivity contribution is -0.144. The van der Waals surface area contributed by atoms with E-state index in [2.05, 4.69) is 4.72 Å². The molecular weight excluding hydrogens is 378 g/mol.